The quantitative estimate of drug-likeness (QED) is 0.780. The van der Waals surface area contributed by atoms with Crippen LogP contribution < -0.4 is 10.1 Å². The minimum absolute atomic E-state index is 0.230. The molecule has 0 radical (unpaired) electrons. The maximum absolute atomic E-state index is 5.46. The van der Waals surface area contributed by atoms with Gasteiger partial charge in [-0.1, -0.05) is 30.9 Å². The second kappa shape index (κ2) is 7.46. The molecule has 0 aliphatic rings. The van der Waals surface area contributed by atoms with Crippen LogP contribution in [0.15, 0.2) is 61.3 Å². The van der Waals surface area contributed by atoms with E-state index in [1.807, 2.05) is 36.5 Å². The molecule has 20 heavy (non-hydrogen) atoms. The number of rotatable bonds is 7. The van der Waals surface area contributed by atoms with Gasteiger partial charge in [0.15, 0.2) is 0 Å². The average Bonchev–Trinajstić information content (AvgIpc) is 2.52. The fourth-order valence-electron chi connectivity index (χ4n) is 1.87. The molecule has 3 heteroatoms. The summed E-state index contributed by atoms with van der Waals surface area (Å²) < 4.78 is 5.46. The van der Waals surface area contributed by atoms with Crippen LogP contribution in [-0.4, -0.2) is 11.6 Å². The molecule has 1 N–H and O–H groups in total. The summed E-state index contributed by atoms with van der Waals surface area (Å²) in [6, 6.07) is 14.3. The van der Waals surface area contributed by atoms with E-state index >= 15 is 0 Å². The summed E-state index contributed by atoms with van der Waals surface area (Å²) in [6.07, 6.45) is 3.56. The molecule has 3 nitrogen and oxygen atoms in total. The summed E-state index contributed by atoms with van der Waals surface area (Å²) in [5.74, 6) is 0.867. The Hall–Kier alpha value is -2.13. The number of nitrogens with one attached hydrogen (secondary N) is 1. The van der Waals surface area contributed by atoms with Crippen molar-refractivity contribution >= 4 is 0 Å². The van der Waals surface area contributed by atoms with Crippen LogP contribution in [0.2, 0.25) is 0 Å². The molecule has 0 unspecified atom stereocenters. The first-order valence-corrected chi connectivity index (χ1v) is 6.76. The van der Waals surface area contributed by atoms with E-state index < -0.39 is 0 Å². The molecule has 0 spiro atoms. The van der Waals surface area contributed by atoms with E-state index in [1.54, 1.807) is 6.08 Å². The Bertz CT molecular complexity index is 522. The Morgan fingerprint density at radius 3 is 2.70 bits per heavy atom. The predicted molar refractivity (Wildman–Crippen MR) is 81.6 cm³/mol. The minimum Gasteiger partial charge on any atom is -0.490 e. The molecule has 0 saturated heterocycles. The molecular formula is C17H20N2O. The van der Waals surface area contributed by atoms with E-state index in [2.05, 4.69) is 35.9 Å². The van der Waals surface area contributed by atoms with Gasteiger partial charge in [0.1, 0.15) is 12.4 Å². The zero-order valence-electron chi connectivity index (χ0n) is 11.8. The number of pyridine rings is 1. The lowest BCUT2D eigenvalue weighted by atomic mass is 10.1. The second-order valence-corrected chi connectivity index (χ2v) is 4.60. The molecule has 0 fully saturated rings. The van der Waals surface area contributed by atoms with Crippen LogP contribution in [0.3, 0.4) is 0 Å². The van der Waals surface area contributed by atoms with Gasteiger partial charge in [-0.2, -0.15) is 0 Å². The number of benzene rings is 1. The van der Waals surface area contributed by atoms with Gasteiger partial charge >= 0.3 is 0 Å². The van der Waals surface area contributed by atoms with E-state index in [0.29, 0.717) is 6.61 Å². The lowest BCUT2D eigenvalue weighted by Gasteiger charge is -2.13. The van der Waals surface area contributed by atoms with Crippen molar-refractivity contribution in [1.29, 1.82) is 0 Å². The molecule has 0 aliphatic carbocycles. The maximum Gasteiger partial charge on any atom is 0.119 e. The van der Waals surface area contributed by atoms with Crippen LogP contribution in [0.1, 0.15) is 24.2 Å². The van der Waals surface area contributed by atoms with Crippen LogP contribution in [-0.2, 0) is 6.54 Å². The first-order chi connectivity index (χ1) is 9.79. The molecule has 104 valence electrons. The summed E-state index contributed by atoms with van der Waals surface area (Å²) >= 11 is 0. The van der Waals surface area contributed by atoms with Crippen molar-refractivity contribution in [1.82, 2.24) is 10.3 Å². The van der Waals surface area contributed by atoms with Crippen molar-refractivity contribution in [3.63, 3.8) is 0 Å². The van der Waals surface area contributed by atoms with E-state index in [0.717, 1.165) is 18.0 Å². The Kier molecular flexibility index (Phi) is 5.33. The third-order valence-electron chi connectivity index (χ3n) is 3.03. The fraction of sp³-hybridized carbons (Fsp3) is 0.235. The van der Waals surface area contributed by atoms with Gasteiger partial charge in [-0.3, -0.25) is 4.98 Å². The van der Waals surface area contributed by atoms with Gasteiger partial charge in [0.2, 0.25) is 0 Å². The number of ether oxygens (including phenoxy) is 1. The third kappa shape index (κ3) is 4.21. The molecule has 1 aromatic carbocycles. The number of hydrogen-bond donors (Lipinski definition) is 1. The molecule has 0 bridgehead atoms. The molecule has 2 rings (SSSR count). The monoisotopic (exact) mass is 268 g/mol. The van der Waals surface area contributed by atoms with Crippen LogP contribution >= 0.6 is 0 Å². The Morgan fingerprint density at radius 2 is 2.05 bits per heavy atom. The van der Waals surface area contributed by atoms with Crippen molar-refractivity contribution in [3.8, 4) is 5.75 Å². The van der Waals surface area contributed by atoms with Gasteiger partial charge in [0.05, 0.1) is 5.69 Å². The van der Waals surface area contributed by atoms with Crippen molar-refractivity contribution in [2.24, 2.45) is 0 Å². The zero-order valence-corrected chi connectivity index (χ0v) is 11.8. The highest BCUT2D eigenvalue weighted by Crippen LogP contribution is 2.14. The SMILES string of the molecule is C=CCOc1ccc(CN[C@H](C)c2ccccn2)cc1. The Labute approximate surface area is 120 Å². The zero-order chi connectivity index (χ0) is 14.2. The van der Waals surface area contributed by atoms with Crippen LogP contribution in [0.25, 0.3) is 0 Å². The summed E-state index contributed by atoms with van der Waals surface area (Å²) in [4.78, 5) is 4.35. The Balaban J connectivity index is 1.86. The van der Waals surface area contributed by atoms with Crippen molar-refractivity contribution in [2.45, 2.75) is 19.5 Å². The predicted octanol–water partition coefficient (Wildman–Crippen LogP) is 3.50. The minimum atomic E-state index is 0.230. The summed E-state index contributed by atoms with van der Waals surface area (Å²) in [6.45, 7) is 7.09. The van der Waals surface area contributed by atoms with E-state index in [-0.39, 0.29) is 6.04 Å². The first-order valence-electron chi connectivity index (χ1n) is 6.76. The lowest BCUT2D eigenvalue weighted by molar-refractivity contribution is 0.363. The highest BCUT2D eigenvalue weighted by Gasteiger charge is 2.05. The topological polar surface area (TPSA) is 34.1 Å². The van der Waals surface area contributed by atoms with Crippen molar-refractivity contribution in [2.75, 3.05) is 6.61 Å². The Morgan fingerprint density at radius 1 is 1.25 bits per heavy atom. The standard InChI is InChI=1S/C17H20N2O/c1-3-12-20-16-9-7-15(8-10-16)13-19-14(2)17-6-4-5-11-18-17/h3-11,14,19H,1,12-13H2,2H3/t14-/m1/s1. The second-order valence-electron chi connectivity index (χ2n) is 4.60. The van der Waals surface area contributed by atoms with Crippen LogP contribution in [0.5, 0.6) is 5.75 Å². The van der Waals surface area contributed by atoms with Crippen LogP contribution in [0.4, 0.5) is 0 Å². The molecule has 1 heterocycles. The lowest BCUT2D eigenvalue weighted by Crippen LogP contribution is -2.18. The molecule has 0 saturated carbocycles. The molecule has 0 amide bonds. The third-order valence-corrected chi connectivity index (χ3v) is 3.03. The molecule has 2 aromatic rings. The van der Waals surface area contributed by atoms with E-state index in [1.165, 1.54) is 5.56 Å². The van der Waals surface area contributed by atoms with Crippen LogP contribution in [0, 0.1) is 0 Å². The van der Waals surface area contributed by atoms with Crippen molar-refractivity contribution in [3.05, 3.63) is 72.6 Å². The highest BCUT2D eigenvalue weighted by atomic mass is 16.5. The van der Waals surface area contributed by atoms with Gasteiger partial charge in [0, 0.05) is 18.8 Å². The smallest absolute Gasteiger partial charge is 0.119 e. The largest absolute Gasteiger partial charge is 0.490 e. The fourth-order valence-corrected chi connectivity index (χ4v) is 1.87. The van der Waals surface area contributed by atoms with Gasteiger partial charge in [0.25, 0.3) is 0 Å². The molecular weight excluding hydrogens is 248 g/mol. The van der Waals surface area contributed by atoms with Gasteiger partial charge in [-0.25, -0.2) is 0 Å². The summed E-state index contributed by atoms with van der Waals surface area (Å²) in [5, 5.41) is 3.46. The number of hydrogen-bond acceptors (Lipinski definition) is 3. The first kappa shape index (κ1) is 14.3. The summed E-state index contributed by atoms with van der Waals surface area (Å²) in [5.41, 5.74) is 2.28. The maximum atomic E-state index is 5.46. The number of aromatic nitrogens is 1. The van der Waals surface area contributed by atoms with Gasteiger partial charge < -0.3 is 10.1 Å². The molecule has 0 aliphatic heterocycles. The highest BCUT2D eigenvalue weighted by molar-refractivity contribution is 5.27. The van der Waals surface area contributed by atoms with Crippen molar-refractivity contribution < 1.29 is 4.74 Å². The summed E-state index contributed by atoms with van der Waals surface area (Å²) in [7, 11) is 0. The number of nitrogens with zero attached hydrogens (tertiary/aromatic N) is 1. The molecule has 1 aromatic heterocycles. The van der Waals surface area contributed by atoms with E-state index in [9.17, 15) is 0 Å². The molecule has 1 atom stereocenters. The van der Waals surface area contributed by atoms with Gasteiger partial charge in [-0.05, 0) is 36.8 Å². The normalized spacial score (nSPS) is 11.8. The van der Waals surface area contributed by atoms with E-state index in [4.69, 9.17) is 4.74 Å². The van der Waals surface area contributed by atoms with Gasteiger partial charge in [-0.15, -0.1) is 0 Å². The average molecular weight is 268 g/mol.